The number of piperidine rings is 1. The number of carbonyl (C=O) groups is 2. The summed E-state index contributed by atoms with van der Waals surface area (Å²) in [6.45, 7) is 10.8. The van der Waals surface area contributed by atoms with E-state index < -0.39 is 0 Å². The predicted molar refractivity (Wildman–Crippen MR) is 102 cm³/mol. The highest BCUT2D eigenvalue weighted by molar-refractivity contribution is 5.76. The molecule has 0 aromatic rings. The summed E-state index contributed by atoms with van der Waals surface area (Å²) in [4.78, 5) is 29.5. The largest absolute Gasteiger partial charge is 0.340 e. The summed E-state index contributed by atoms with van der Waals surface area (Å²) >= 11 is 0. The molecule has 0 unspecified atom stereocenters. The van der Waals surface area contributed by atoms with E-state index in [0.717, 1.165) is 44.8 Å². The normalized spacial score (nSPS) is 21.0. The second-order valence-corrected chi connectivity index (χ2v) is 8.02. The van der Waals surface area contributed by atoms with Crippen LogP contribution in [0.4, 0.5) is 0 Å². The van der Waals surface area contributed by atoms with Gasteiger partial charge in [-0.05, 0) is 52.1 Å². The Morgan fingerprint density at radius 3 is 2.28 bits per heavy atom. The third kappa shape index (κ3) is 7.06. The SMILES string of the molecule is CC(C)N1CCC(CCCCCC(=O)N2CCN(CC=O)CC2)CC1. The highest BCUT2D eigenvalue weighted by Gasteiger charge is 2.21. The third-order valence-electron chi connectivity index (χ3n) is 5.94. The summed E-state index contributed by atoms with van der Waals surface area (Å²) in [7, 11) is 0. The molecule has 0 N–H and O–H groups in total. The van der Waals surface area contributed by atoms with E-state index in [4.69, 9.17) is 0 Å². The first-order valence-electron chi connectivity index (χ1n) is 10.3. The molecule has 2 fully saturated rings. The number of nitrogens with zero attached hydrogens (tertiary/aromatic N) is 3. The van der Waals surface area contributed by atoms with Crippen molar-refractivity contribution in [2.45, 2.75) is 64.8 Å². The third-order valence-corrected chi connectivity index (χ3v) is 5.94. The van der Waals surface area contributed by atoms with Gasteiger partial charge in [-0.15, -0.1) is 0 Å². The number of amides is 1. The average molecular weight is 352 g/mol. The van der Waals surface area contributed by atoms with E-state index in [0.29, 0.717) is 24.9 Å². The summed E-state index contributed by atoms with van der Waals surface area (Å²) in [5, 5.41) is 0. The van der Waals surface area contributed by atoms with Crippen molar-refractivity contribution in [3.8, 4) is 0 Å². The molecule has 25 heavy (non-hydrogen) atoms. The average Bonchev–Trinajstić information content (AvgIpc) is 2.62. The molecule has 0 bridgehead atoms. The first-order valence-corrected chi connectivity index (χ1v) is 10.3. The van der Waals surface area contributed by atoms with Crippen molar-refractivity contribution in [2.24, 2.45) is 5.92 Å². The number of piperazine rings is 1. The van der Waals surface area contributed by atoms with Crippen LogP contribution in [-0.4, -0.2) is 78.7 Å². The number of aldehydes is 1. The van der Waals surface area contributed by atoms with Crippen LogP contribution in [0.15, 0.2) is 0 Å². The Kier molecular flexibility index (Phi) is 8.90. The maximum atomic E-state index is 12.3. The molecule has 144 valence electrons. The van der Waals surface area contributed by atoms with Crippen LogP contribution in [0.1, 0.15) is 58.8 Å². The van der Waals surface area contributed by atoms with E-state index in [1.54, 1.807) is 0 Å². The Labute approximate surface area is 153 Å². The molecule has 0 spiro atoms. The lowest BCUT2D eigenvalue weighted by atomic mass is 9.90. The molecule has 2 aliphatic rings. The van der Waals surface area contributed by atoms with Crippen molar-refractivity contribution in [3.05, 3.63) is 0 Å². The molecule has 0 radical (unpaired) electrons. The van der Waals surface area contributed by atoms with Crippen LogP contribution in [-0.2, 0) is 9.59 Å². The number of unbranched alkanes of at least 4 members (excludes halogenated alkanes) is 2. The minimum Gasteiger partial charge on any atom is -0.340 e. The van der Waals surface area contributed by atoms with Crippen molar-refractivity contribution in [2.75, 3.05) is 45.8 Å². The fraction of sp³-hybridized carbons (Fsp3) is 0.900. The van der Waals surface area contributed by atoms with Crippen LogP contribution < -0.4 is 0 Å². The molecule has 0 aromatic heterocycles. The monoisotopic (exact) mass is 351 g/mol. The molecular formula is C20H37N3O2. The minimum atomic E-state index is 0.302. The van der Waals surface area contributed by atoms with E-state index in [-0.39, 0.29) is 0 Å². The highest BCUT2D eigenvalue weighted by Crippen LogP contribution is 2.24. The lowest BCUT2D eigenvalue weighted by Crippen LogP contribution is -2.49. The Hall–Kier alpha value is -0.940. The van der Waals surface area contributed by atoms with Gasteiger partial charge in [0, 0.05) is 38.6 Å². The van der Waals surface area contributed by atoms with Crippen molar-refractivity contribution in [1.29, 1.82) is 0 Å². The van der Waals surface area contributed by atoms with E-state index in [2.05, 4.69) is 23.6 Å². The summed E-state index contributed by atoms with van der Waals surface area (Å²) in [5.41, 5.74) is 0. The van der Waals surface area contributed by atoms with Crippen LogP contribution in [0.5, 0.6) is 0 Å². The molecule has 5 nitrogen and oxygen atoms in total. The van der Waals surface area contributed by atoms with Crippen LogP contribution in [0.25, 0.3) is 0 Å². The second kappa shape index (κ2) is 10.9. The van der Waals surface area contributed by atoms with E-state index in [1.165, 1.54) is 45.2 Å². The fourth-order valence-electron chi connectivity index (χ4n) is 4.09. The van der Waals surface area contributed by atoms with Crippen LogP contribution in [0.2, 0.25) is 0 Å². The van der Waals surface area contributed by atoms with Crippen molar-refractivity contribution in [3.63, 3.8) is 0 Å². The van der Waals surface area contributed by atoms with Gasteiger partial charge in [0.1, 0.15) is 6.29 Å². The Morgan fingerprint density at radius 2 is 1.68 bits per heavy atom. The number of hydrogen-bond donors (Lipinski definition) is 0. The number of likely N-dealkylation sites (tertiary alicyclic amines) is 1. The summed E-state index contributed by atoms with van der Waals surface area (Å²) in [6, 6.07) is 0.687. The topological polar surface area (TPSA) is 43.9 Å². The van der Waals surface area contributed by atoms with Gasteiger partial charge in [0.05, 0.1) is 6.54 Å². The fourth-order valence-corrected chi connectivity index (χ4v) is 4.09. The molecule has 2 saturated heterocycles. The molecular weight excluding hydrogens is 314 g/mol. The van der Waals surface area contributed by atoms with E-state index in [1.807, 2.05) is 4.90 Å². The van der Waals surface area contributed by atoms with Gasteiger partial charge in [0.25, 0.3) is 0 Å². The van der Waals surface area contributed by atoms with E-state index >= 15 is 0 Å². The van der Waals surface area contributed by atoms with Gasteiger partial charge in [0.2, 0.25) is 5.91 Å². The molecule has 1 amide bonds. The van der Waals surface area contributed by atoms with Crippen LogP contribution in [0.3, 0.4) is 0 Å². The van der Waals surface area contributed by atoms with E-state index in [9.17, 15) is 9.59 Å². The smallest absolute Gasteiger partial charge is 0.222 e. The van der Waals surface area contributed by atoms with Crippen LogP contribution >= 0.6 is 0 Å². The number of carbonyl (C=O) groups excluding carboxylic acids is 2. The van der Waals surface area contributed by atoms with Gasteiger partial charge in [0.15, 0.2) is 0 Å². The van der Waals surface area contributed by atoms with Gasteiger partial charge >= 0.3 is 0 Å². The van der Waals surface area contributed by atoms with Gasteiger partial charge < -0.3 is 14.6 Å². The quantitative estimate of drug-likeness (QED) is 0.473. The zero-order chi connectivity index (χ0) is 18.1. The summed E-state index contributed by atoms with van der Waals surface area (Å²) < 4.78 is 0. The first kappa shape index (κ1) is 20.4. The van der Waals surface area contributed by atoms with Crippen molar-refractivity contribution >= 4 is 12.2 Å². The van der Waals surface area contributed by atoms with Gasteiger partial charge in [-0.2, -0.15) is 0 Å². The maximum Gasteiger partial charge on any atom is 0.222 e. The minimum absolute atomic E-state index is 0.302. The van der Waals surface area contributed by atoms with Crippen molar-refractivity contribution in [1.82, 2.24) is 14.7 Å². The molecule has 0 aliphatic carbocycles. The molecule has 2 aliphatic heterocycles. The lowest BCUT2D eigenvalue weighted by molar-refractivity contribution is -0.133. The first-order chi connectivity index (χ1) is 12.1. The molecule has 0 saturated carbocycles. The van der Waals surface area contributed by atoms with Gasteiger partial charge in [-0.3, -0.25) is 9.69 Å². The second-order valence-electron chi connectivity index (χ2n) is 8.02. The van der Waals surface area contributed by atoms with Crippen LogP contribution in [0, 0.1) is 5.92 Å². The Balaban J connectivity index is 1.49. The molecule has 2 heterocycles. The van der Waals surface area contributed by atoms with Gasteiger partial charge in [-0.1, -0.05) is 19.3 Å². The molecule has 0 aromatic carbocycles. The Bertz CT molecular complexity index is 398. The maximum absolute atomic E-state index is 12.3. The zero-order valence-electron chi connectivity index (χ0n) is 16.3. The molecule has 2 rings (SSSR count). The predicted octanol–water partition coefficient (Wildman–Crippen LogP) is 2.40. The molecule has 0 atom stereocenters. The van der Waals surface area contributed by atoms with Gasteiger partial charge in [-0.25, -0.2) is 0 Å². The molecule has 5 heteroatoms. The Morgan fingerprint density at radius 1 is 1.00 bits per heavy atom. The number of hydrogen-bond acceptors (Lipinski definition) is 4. The highest BCUT2D eigenvalue weighted by atomic mass is 16.2. The summed E-state index contributed by atoms with van der Waals surface area (Å²) in [5.74, 6) is 1.20. The number of rotatable bonds is 9. The standard InChI is InChI=1S/C20H37N3O2/c1-18(2)22-10-8-19(9-11-22)6-4-3-5-7-20(25)23-14-12-21(13-15-23)16-17-24/h17-19H,3-16H2,1-2H3. The lowest BCUT2D eigenvalue weighted by Gasteiger charge is -2.34. The zero-order valence-corrected chi connectivity index (χ0v) is 16.3. The summed E-state index contributed by atoms with van der Waals surface area (Å²) in [6.07, 6.45) is 9.16. The van der Waals surface area contributed by atoms with Crippen molar-refractivity contribution < 1.29 is 9.59 Å².